The molecule has 0 saturated carbocycles. The van der Waals surface area contributed by atoms with Crippen molar-refractivity contribution in [2.24, 2.45) is 0 Å². The minimum Gasteiger partial charge on any atom is -0.378 e. The van der Waals surface area contributed by atoms with Gasteiger partial charge in [-0.3, -0.25) is 4.79 Å². The highest BCUT2D eigenvalue weighted by atomic mass is 16.5. The second kappa shape index (κ2) is 6.30. The van der Waals surface area contributed by atoms with Gasteiger partial charge in [-0.2, -0.15) is 0 Å². The molecule has 2 aliphatic rings. The zero-order valence-corrected chi connectivity index (χ0v) is 10.3. The number of carbonyl (C=O) groups is 1. The van der Waals surface area contributed by atoms with Gasteiger partial charge in [-0.05, 0) is 7.05 Å². The number of amides is 1. The summed E-state index contributed by atoms with van der Waals surface area (Å²) in [5, 5.41) is 6.04. The molecule has 17 heavy (non-hydrogen) atoms. The maximum Gasteiger partial charge on any atom is 0.239 e. The summed E-state index contributed by atoms with van der Waals surface area (Å²) in [5.41, 5.74) is 0. The van der Waals surface area contributed by atoms with Crippen LogP contribution in [0.4, 0.5) is 0 Å². The summed E-state index contributed by atoms with van der Waals surface area (Å²) in [6.45, 7) is 5.01. The van der Waals surface area contributed by atoms with E-state index in [2.05, 4.69) is 22.6 Å². The number of carbonyl (C=O) groups excluding carboxylic acids is 1. The molecule has 98 valence electrons. The molecule has 0 spiro atoms. The predicted octanol–water partition coefficient (Wildman–Crippen LogP) is -1.58. The molecule has 0 aromatic carbocycles. The smallest absolute Gasteiger partial charge is 0.239 e. The largest absolute Gasteiger partial charge is 0.378 e. The first-order chi connectivity index (χ1) is 8.25. The average Bonchev–Trinajstić information content (AvgIpc) is 2.37. The zero-order valence-electron chi connectivity index (χ0n) is 10.3. The van der Waals surface area contributed by atoms with Crippen LogP contribution in [0.15, 0.2) is 0 Å². The number of hydrogen-bond acceptors (Lipinski definition) is 5. The minimum absolute atomic E-state index is 0.00141. The van der Waals surface area contributed by atoms with Gasteiger partial charge in [0.1, 0.15) is 6.04 Å². The minimum atomic E-state index is -0.218. The number of likely N-dealkylation sites (N-methyl/N-ethyl adjacent to an activating group) is 1. The van der Waals surface area contributed by atoms with E-state index in [0.29, 0.717) is 19.8 Å². The molecule has 0 radical (unpaired) electrons. The highest BCUT2D eigenvalue weighted by molar-refractivity contribution is 5.82. The first-order valence-electron chi connectivity index (χ1n) is 6.14. The van der Waals surface area contributed by atoms with Crippen LogP contribution in [0.2, 0.25) is 0 Å². The number of rotatable bonds is 3. The Morgan fingerprint density at radius 1 is 1.53 bits per heavy atom. The first-order valence-corrected chi connectivity index (χ1v) is 6.14. The topological polar surface area (TPSA) is 62.8 Å². The number of ether oxygens (including phenoxy) is 2. The summed E-state index contributed by atoms with van der Waals surface area (Å²) in [4.78, 5) is 14.0. The van der Waals surface area contributed by atoms with E-state index >= 15 is 0 Å². The van der Waals surface area contributed by atoms with Crippen LogP contribution in [-0.4, -0.2) is 76.0 Å². The Morgan fingerprint density at radius 3 is 3.12 bits per heavy atom. The lowest BCUT2D eigenvalue weighted by Gasteiger charge is -2.30. The monoisotopic (exact) mass is 243 g/mol. The maximum atomic E-state index is 11.8. The second-order valence-electron chi connectivity index (χ2n) is 4.58. The third-order valence-corrected chi connectivity index (χ3v) is 3.08. The predicted molar refractivity (Wildman–Crippen MR) is 62.9 cm³/mol. The number of nitrogens with one attached hydrogen (secondary N) is 2. The van der Waals surface area contributed by atoms with Crippen molar-refractivity contribution >= 4 is 5.91 Å². The Hall–Kier alpha value is -0.690. The van der Waals surface area contributed by atoms with Crippen molar-refractivity contribution in [3.63, 3.8) is 0 Å². The van der Waals surface area contributed by atoms with Crippen LogP contribution >= 0.6 is 0 Å². The molecule has 1 amide bonds. The van der Waals surface area contributed by atoms with Crippen LogP contribution in [0.25, 0.3) is 0 Å². The van der Waals surface area contributed by atoms with Crippen LogP contribution in [0, 0.1) is 0 Å². The Bertz CT molecular complexity index is 256. The summed E-state index contributed by atoms with van der Waals surface area (Å²) in [6, 6.07) is -0.218. The zero-order chi connectivity index (χ0) is 12.1. The molecule has 2 saturated heterocycles. The number of nitrogens with zero attached hydrogens (tertiary/aromatic N) is 1. The molecule has 2 heterocycles. The molecule has 0 aromatic heterocycles. The fourth-order valence-electron chi connectivity index (χ4n) is 2.06. The van der Waals surface area contributed by atoms with E-state index in [-0.39, 0.29) is 18.1 Å². The van der Waals surface area contributed by atoms with Gasteiger partial charge >= 0.3 is 0 Å². The van der Waals surface area contributed by atoms with Crippen LogP contribution in [0.3, 0.4) is 0 Å². The van der Waals surface area contributed by atoms with Crippen molar-refractivity contribution < 1.29 is 14.3 Å². The Kier molecular flexibility index (Phi) is 4.73. The van der Waals surface area contributed by atoms with E-state index in [9.17, 15) is 4.79 Å². The molecule has 2 atom stereocenters. The average molecular weight is 243 g/mol. The van der Waals surface area contributed by atoms with Crippen molar-refractivity contribution in [3.8, 4) is 0 Å². The van der Waals surface area contributed by atoms with Crippen molar-refractivity contribution in [2.75, 3.05) is 53.0 Å². The molecule has 0 bridgehead atoms. The van der Waals surface area contributed by atoms with E-state index < -0.39 is 0 Å². The summed E-state index contributed by atoms with van der Waals surface area (Å²) in [7, 11) is 2.06. The van der Waals surface area contributed by atoms with Crippen molar-refractivity contribution in [1.29, 1.82) is 0 Å². The normalized spacial score (nSPS) is 31.1. The standard InChI is InChI=1S/C11H21N3O3/c1-14-3-5-17-9(7-14)6-13-11(15)10-8-16-4-2-12-10/h9-10,12H,2-8H2,1H3,(H,13,15). The number of hydrogen-bond donors (Lipinski definition) is 2. The lowest BCUT2D eigenvalue weighted by Crippen LogP contribution is -2.53. The first kappa shape index (κ1) is 12.8. The summed E-state index contributed by atoms with van der Waals surface area (Å²) in [5.74, 6) is 0.00141. The Morgan fingerprint density at radius 2 is 2.41 bits per heavy atom. The Labute approximate surface area is 102 Å². The van der Waals surface area contributed by atoms with Gasteiger partial charge in [0.2, 0.25) is 5.91 Å². The highest BCUT2D eigenvalue weighted by Gasteiger charge is 2.23. The summed E-state index contributed by atoms with van der Waals surface area (Å²) in [6.07, 6.45) is 0.0993. The fourth-order valence-corrected chi connectivity index (χ4v) is 2.06. The SMILES string of the molecule is CN1CCOC(CNC(=O)C2COCCN2)C1. The molecule has 0 aromatic rings. The molecule has 6 heteroatoms. The van der Waals surface area contributed by atoms with Crippen LogP contribution in [0.5, 0.6) is 0 Å². The van der Waals surface area contributed by atoms with Crippen LogP contribution in [-0.2, 0) is 14.3 Å². The van der Waals surface area contributed by atoms with Gasteiger partial charge in [0.05, 0.1) is 25.9 Å². The summed E-state index contributed by atoms with van der Waals surface area (Å²) < 4.78 is 10.8. The van der Waals surface area contributed by atoms with Gasteiger partial charge in [-0.15, -0.1) is 0 Å². The van der Waals surface area contributed by atoms with Gasteiger partial charge in [0, 0.05) is 26.2 Å². The molecular formula is C11H21N3O3. The van der Waals surface area contributed by atoms with E-state index in [1.807, 2.05) is 0 Å². The lowest BCUT2D eigenvalue weighted by atomic mass is 10.2. The van der Waals surface area contributed by atoms with Crippen LogP contribution in [0.1, 0.15) is 0 Å². The van der Waals surface area contributed by atoms with Crippen molar-refractivity contribution in [2.45, 2.75) is 12.1 Å². The Balaban J connectivity index is 1.68. The van der Waals surface area contributed by atoms with Gasteiger partial charge < -0.3 is 25.0 Å². The van der Waals surface area contributed by atoms with Gasteiger partial charge in [-0.25, -0.2) is 0 Å². The van der Waals surface area contributed by atoms with Gasteiger partial charge in [0.25, 0.3) is 0 Å². The molecule has 0 aliphatic carbocycles. The fraction of sp³-hybridized carbons (Fsp3) is 0.909. The summed E-state index contributed by atoms with van der Waals surface area (Å²) >= 11 is 0. The van der Waals surface area contributed by atoms with E-state index in [1.54, 1.807) is 0 Å². The second-order valence-corrected chi connectivity index (χ2v) is 4.58. The quantitative estimate of drug-likeness (QED) is 0.626. The molecule has 6 nitrogen and oxygen atoms in total. The molecule has 2 rings (SSSR count). The van der Waals surface area contributed by atoms with E-state index in [0.717, 1.165) is 26.2 Å². The van der Waals surface area contributed by atoms with E-state index in [1.165, 1.54) is 0 Å². The van der Waals surface area contributed by atoms with E-state index in [4.69, 9.17) is 9.47 Å². The third-order valence-electron chi connectivity index (χ3n) is 3.08. The van der Waals surface area contributed by atoms with Crippen molar-refractivity contribution in [1.82, 2.24) is 15.5 Å². The molecule has 2 unspecified atom stereocenters. The molecule has 2 fully saturated rings. The van der Waals surface area contributed by atoms with Crippen molar-refractivity contribution in [3.05, 3.63) is 0 Å². The highest BCUT2D eigenvalue weighted by Crippen LogP contribution is 2.02. The maximum absolute atomic E-state index is 11.8. The molecular weight excluding hydrogens is 222 g/mol. The third kappa shape index (κ3) is 3.92. The van der Waals surface area contributed by atoms with Crippen LogP contribution < -0.4 is 10.6 Å². The lowest BCUT2D eigenvalue weighted by molar-refractivity contribution is -0.127. The van der Waals surface area contributed by atoms with Gasteiger partial charge in [0.15, 0.2) is 0 Å². The molecule has 2 N–H and O–H groups in total. The number of morpholine rings is 2. The molecule has 2 aliphatic heterocycles. The van der Waals surface area contributed by atoms with Gasteiger partial charge in [-0.1, -0.05) is 0 Å².